The average molecular weight is 338 g/mol. The SMILES string of the molecule is CNc1ccc(-c2ccc3sc(NCCF)nc3c2)cc1.Cl. The fourth-order valence-electron chi connectivity index (χ4n) is 2.17. The van der Waals surface area contributed by atoms with E-state index in [1.807, 2.05) is 7.05 Å². The molecule has 0 spiro atoms. The standard InChI is InChI=1S/C16H16FN3S.ClH/c1-18-13-5-2-11(3-6-13)12-4-7-15-14(10-12)20-16(21-15)19-9-8-17;/h2-7,10,18H,8-9H2,1H3,(H,19,20);1H. The molecule has 0 radical (unpaired) electrons. The summed E-state index contributed by atoms with van der Waals surface area (Å²) in [6, 6.07) is 14.5. The lowest BCUT2D eigenvalue weighted by molar-refractivity contribution is 0.512. The molecule has 0 aliphatic heterocycles. The lowest BCUT2D eigenvalue weighted by Gasteiger charge is -2.04. The number of fused-ring (bicyclic) bond motifs is 1. The van der Waals surface area contributed by atoms with Gasteiger partial charge in [-0.1, -0.05) is 29.5 Å². The molecule has 0 aliphatic carbocycles. The predicted octanol–water partition coefficient (Wildman–Crippen LogP) is 4.81. The summed E-state index contributed by atoms with van der Waals surface area (Å²) in [5.41, 5.74) is 4.32. The molecule has 3 nitrogen and oxygen atoms in total. The molecule has 3 rings (SSSR count). The molecule has 0 unspecified atom stereocenters. The zero-order valence-corrected chi connectivity index (χ0v) is 13.7. The van der Waals surface area contributed by atoms with Crippen LogP contribution in [-0.2, 0) is 0 Å². The van der Waals surface area contributed by atoms with Gasteiger partial charge in [-0.3, -0.25) is 0 Å². The van der Waals surface area contributed by atoms with E-state index in [0.29, 0.717) is 6.54 Å². The maximum Gasteiger partial charge on any atom is 0.183 e. The minimum Gasteiger partial charge on any atom is -0.388 e. The number of rotatable bonds is 5. The molecule has 116 valence electrons. The summed E-state index contributed by atoms with van der Waals surface area (Å²) in [7, 11) is 1.91. The van der Waals surface area contributed by atoms with Gasteiger partial charge in [0.25, 0.3) is 0 Å². The van der Waals surface area contributed by atoms with Crippen LogP contribution in [0.25, 0.3) is 21.3 Å². The highest BCUT2D eigenvalue weighted by atomic mass is 35.5. The molecule has 3 aromatic rings. The van der Waals surface area contributed by atoms with Gasteiger partial charge < -0.3 is 10.6 Å². The second-order valence-electron chi connectivity index (χ2n) is 4.64. The smallest absolute Gasteiger partial charge is 0.183 e. The Bertz CT molecular complexity index is 743. The summed E-state index contributed by atoms with van der Waals surface area (Å²) in [5.74, 6) is 0. The summed E-state index contributed by atoms with van der Waals surface area (Å²) in [5, 5.41) is 6.86. The molecule has 22 heavy (non-hydrogen) atoms. The molecule has 6 heteroatoms. The van der Waals surface area contributed by atoms with Gasteiger partial charge in [0.15, 0.2) is 5.13 Å². The summed E-state index contributed by atoms with van der Waals surface area (Å²) in [6.07, 6.45) is 0. The summed E-state index contributed by atoms with van der Waals surface area (Å²) < 4.78 is 13.3. The van der Waals surface area contributed by atoms with Crippen molar-refractivity contribution in [3.05, 3.63) is 42.5 Å². The van der Waals surface area contributed by atoms with Crippen LogP contribution < -0.4 is 10.6 Å². The lowest BCUT2D eigenvalue weighted by atomic mass is 10.1. The molecule has 0 saturated carbocycles. The van der Waals surface area contributed by atoms with Crippen LogP contribution in [-0.4, -0.2) is 25.3 Å². The highest BCUT2D eigenvalue weighted by Gasteiger charge is 2.05. The Morgan fingerprint density at radius 1 is 1.09 bits per heavy atom. The topological polar surface area (TPSA) is 37.0 Å². The fourth-order valence-corrected chi connectivity index (χ4v) is 3.04. The molecule has 1 heterocycles. The van der Waals surface area contributed by atoms with Crippen molar-refractivity contribution in [2.75, 3.05) is 30.9 Å². The molecule has 1 aromatic heterocycles. The zero-order valence-electron chi connectivity index (χ0n) is 12.1. The van der Waals surface area contributed by atoms with Crippen LogP contribution >= 0.6 is 23.7 Å². The molecular weight excluding hydrogens is 321 g/mol. The van der Waals surface area contributed by atoms with Gasteiger partial charge in [0.05, 0.1) is 10.2 Å². The highest BCUT2D eigenvalue weighted by molar-refractivity contribution is 7.22. The van der Waals surface area contributed by atoms with E-state index in [1.54, 1.807) is 11.3 Å². The Balaban J connectivity index is 0.00000176. The van der Waals surface area contributed by atoms with Crippen LogP contribution in [0.5, 0.6) is 0 Å². The first kappa shape index (κ1) is 16.5. The Morgan fingerprint density at radius 2 is 1.82 bits per heavy atom. The Hall–Kier alpha value is -1.85. The summed E-state index contributed by atoms with van der Waals surface area (Å²) in [6.45, 7) is -0.0862. The molecule has 0 atom stereocenters. The van der Waals surface area contributed by atoms with Crippen molar-refractivity contribution in [3.8, 4) is 11.1 Å². The van der Waals surface area contributed by atoms with Gasteiger partial charge in [-0.2, -0.15) is 0 Å². The fraction of sp³-hybridized carbons (Fsp3) is 0.188. The second-order valence-corrected chi connectivity index (χ2v) is 5.68. The van der Waals surface area contributed by atoms with Crippen molar-refractivity contribution in [1.29, 1.82) is 0 Å². The average Bonchev–Trinajstić information content (AvgIpc) is 2.95. The maximum atomic E-state index is 12.2. The maximum absolute atomic E-state index is 12.2. The number of nitrogens with one attached hydrogen (secondary N) is 2. The lowest BCUT2D eigenvalue weighted by Crippen LogP contribution is -2.01. The molecule has 0 amide bonds. The van der Waals surface area contributed by atoms with Gasteiger partial charge in [-0.05, 0) is 35.4 Å². The largest absolute Gasteiger partial charge is 0.388 e. The van der Waals surface area contributed by atoms with Crippen molar-refractivity contribution in [2.45, 2.75) is 0 Å². The van der Waals surface area contributed by atoms with Crippen LogP contribution in [0.4, 0.5) is 15.2 Å². The number of halogens is 2. The molecule has 0 saturated heterocycles. The number of alkyl halides is 1. The summed E-state index contributed by atoms with van der Waals surface area (Å²) >= 11 is 1.55. The van der Waals surface area contributed by atoms with E-state index in [9.17, 15) is 4.39 Å². The van der Waals surface area contributed by atoms with Crippen LogP contribution in [0.3, 0.4) is 0 Å². The first-order valence-electron chi connectivity index (χ1n) is 6.79. The first-order valence-corrected chi connectivity index (χ1v) is 7.60. The van der Waals surface area contributed by atoms with E-state index >= 15 is 0 Å². The molecule has 0 fully saturated rings. The van der Waals surface area contributed by atoms with Gasteiger partial charge in [-0.15, -0.1) is 12.4 Å². The van der Waals surface area contributed by atoms with Gasteiger partial charge >= 0.3 is 0 Å². The molecule has 0 aliphatic rings. The van der Waals surface area contributed by atoms with Gasteiger partial charge in [0.1, 0.15) is 6.67 Å². The van der Waals surface area contributed by atoms with E-state index in [2.05, 4.69) is 58.1 Å². The van der Waals surface area contributed by atoms with Crippen LogP contribution in [0.15, 0.2) is 42.5 Å². The van der Waals surface area contributed by atoms with Gasteiger partial charge in [-0.25, -0.2) is 9.37 Å². The number of hydrogen-bond donors (Lipinski definition) is 2. The third-order valence-electron chi connectivity index (χ3n) is 3.27. The Morgan fingerprint density at radius 3 is 2.50 bits per heavy atom. The molecule has 0 bridgehead atoms. The van der Waals surface area contributed by atoms with E-state index in [-0.39, 0.29) is 19.1 Å². The quantitative estimate of drug-likeness (QED) is 0.701. The monoisotopic (exact) mass is 337 g/mol. The molecule has 2 aromatic carbocycles. The second kappa shape index (κ2) is 7.42. The van der Waals surface area contributed by atoms with E-state index < -0.39 is 0 Å². The van der Waals surface area contributed by atoms with Crippen molar-refractivity contribution in [2.24, 2.45) is 0 Å². The summed E-state index contributed by atoms with van der Waals surface area (Å²) in [4.78, 5) is 4.50. The van der Waals surface area contributed by atoms with Gasteiger partial charge in [0.2, 0.25) is 0 Å². The predicted molar refractivity (Wildman–Crippen MR) is 96.3 cm³/mol. The minimum atomic E-state index is -0.390. The number of thiazole rings is 1. The third-order valence-corrected chi connectivity index (χ3v) is 4.26. The van der Waals surface area contributed by atoms with E-state index in [0.717, 1.165) is 32.2 Å². The minimum absolute atomic E-state index is 0. The van der Waals surface area contributed by atoms with Crippen molar-refractivity contribution in [3.63, 3.8) is 0 Å². The highest BCUT2D eigenvalue weighted by Crippen LogP contribution is 2.30. The number of hydrogen-bond acceptors (Lipinski definition) is 4. The molecular formula is C16H17ClFN3S. The van der Waals surface area contributed by atoms with Crippen molar-refractivity contribution in [1.82, 2.24) is 4.98 Å². The van der Waals surface area contributed by atoms with Crippen molar-refractivity contribution < 1.29 is 4.39 Å². The first-order chi connectivity index (χ1) is 10.3. The zero-order chi connectivity index (χ0) is 14.7. The van der Waals surface area contributed by atoms with Crippen LogP contribution in [0, 0.1) is 0 Å². The number of nitrogens with zero attached hydrogens (tertiary/aromatic N) is 1. The van der Waals surface area contributed by atoms with Crippen molar-refractivity contribution >= 4 is 44.8 Å². The normalized spacial score (nSPS) is 10.3. The van der Waals surface area contributed by atoms with E-state index in [1.165, 1.54) is 0 Å². The third kappa shape index (κ3) is 3.48. The van der Waals surface area contributed by atoms with Crippen LogP contribution in [0.2, 0.25) is 0 Å². The number of aromatic nitrogens is 1. The van der Waals surface area contributed by atoms with Gasteiger partial charge in [0, 0.05) is 19.3 Å². The Labute approximate surface area is 139 Å². The Kier molecular flexibility index (Phi) is 5.57. The van der Waals surface area contributed by atoms with Crippen LogP contribution in [0.1, 0.15) is 0 Å². The number of anilines is 2. The molecule has 2 N–H and O–H groups in total. The number of benzene rings is 2. The van der Waals surface area contributed by atoms with E-state index in [4.69, 9.17) is 0 Å².